The highest BCUT2D eigenvalue weighted by Crippen LogP contribution is 2.28. The van der Waals surface area contributed by atoms with Crippen molar-refractivity contribution >= 4 is 35.0 Å². The number of aliphatic hydroxyl groups is 1. The zero-order chi connectivity index (χ0) is 35.6. The minimum atomic E-state index is -0.939. The first-order chi connectivity index (χ1) is 23.4. The van der Waals surface area contributed by atoms with Crippen LogP contribution < -0.4 is 15.4 Å². The molecule has 3 N–H and O–H groups in total. The average molecular weight is 695 g/mol. The molecule has 0 saturated carbocycles. The Morgan fingerprint density at radius 3 is 2.37 bits per heavy atom. The molecule has 1 saturated heterocycles. The lowest BCUT2D eigenvalue weighted by atomic mass is 9.85. The number of hydrogen-bond donors (Lipinski definition) is 3. The molecule has 0 spiro atoms. The van der Waals surface area contributed by atoms with Gasteiger partial charge in [0.2, 0.25) is 17.7 Å². The number of carbonyl (C=O) groups excluding carboxylic acids is 4. The van der Waals surface area contributed by atoms with Crippen molar-refractivity contribution in [1.82, 2.24) is 20.5 Å². The van der Waals surface area contributed by atoms with Gasteiger partial charge in [0.15, 0.2) is 0 Å². The van der Waals surface area contributed by atoms with E-state index in [-0.39, 0.29) is 32.0 Å². The minimum absolute atomic E-state index is 0.00371. The summed E-state index contributed by atoms with van der Waals surface area (Å²) in [7, 11) is 1.33. The molecule has 4 rings (SSSR count). The van der Waals surface area contributed by atoms with Gasteiger partial charge in [-0.05, 0) is 60.6 Å². The molecule has 1 aromatic heterocycles. The summed E-state index contributed by atoms with van der Waals surface area (Å²) in [6.45, 7) is 8.24. The van der Waals surface area contributed by atoms with E-state index in [4.69, 9.17) is 9.47 Å². The third-order valence-corrected chi connectivity index (χ3v) is 9.15. The Morgan fingerprint density at radius 1 is 1.04 bits per heavy atom. The van der Waals surface area contributed by atoms with Crippen molar-refractivity contribution in [3.63, 3.8) is 0 Å². The van der Waals surface area contributed by atoms with E-state index in [1.807, 2.05) is 57.5 Å². The van der Waals surface area contributed by atoms with E-state index in [2.05, 4.69) is 20.4 Å². The molecule has 49 heavy (non-hydrogen) atoms. The molecule has 3 atom stereocenters. The number of carbonyl (C=O) groups is 4. The number of rotatable bonds is 15. The van der Waals surface area contributed by atoms with Crippen LogP contribution in [-0.2, 0) is 30.4 Å². The van der Waals surface area contributed by atoms with E-state index < -0.39 is 41.4 Å². The molecule has 3 aromatic rings. The molecule has 0 aliphatic carbocycles. The van der Waals surface area contributed by atoms with E-state index in [0.717, 1.165) is 21.7 Å². The van der Waals surface area contributed by atoms with Gasteiger partial charge >= 0.3 is 5.97 Å². The molecule has 1 fully saturated rings. The monoisotopic (exact) mass is 694 g/mol. The molecule has 13 heteroatoms. The Bertz CT molecular complexity index is 1570. The predicted molar refractivity (Wildman–Crippen MR) is 185 cm³/mol. The van der Waals surface area contributed by atoms with Gasteiger partial charge in [0.05, 0.1) is 41.5 Å². The highest BCUT2D eigenvalue weighted by Gasteiger charge is 2.44. The Balaban J connectivity index is 1.22. The smallest absolute Gasteiger partial charge is 0.337 e. The molecule has 0 bridgehead atoms. The number of esters is 1. The van der Waals surface area contributed by atoms with Crippen LogP contribution in [0, 0.1) is 12.3 Å². The molecule has 2 aromatic carbocycles. The molecule has 2 heterocycles. The van der Waals surface area contributed by atoms with Crippen LogP contribution in [-0.4, -0.2) is 90.3 Å². The molecular formula is C36H46N4O8S. The topological polar surface area (TPSA) is 156 Å². The van der Waals surface area contributed by atoms with Crippen LogP contribution in [0.5, 0.6) is 5.75 Å². The van der Waals surface area contributed by atoms with Gasteiger partial charge in [-0.3, -0.25) is 14.4 Å². The minimum Gasteiger partial charge on any atom is -0.494 e. The number of unbranched alkanes of at least 4 members (excludes halogenated alkanes) is 1. The second-order valence-electron chi connectivity index (χ2n) is 13.1. The third-order valence-electron chi connectivity index (χ3n) is 8.17. The number of aryl methyl sites for hydroxylation is 1. The molecule has 0 unspecified atom stereocenters. The van der Waals surface area contributed by atoms with E-state index in [1.54, 1.807) is 35.6 Å². The van der Waals surface area contributed by atoms with E-state index in [9.17, 15) is 24.3 Å². The summed E-state index contributed by atoms with van der Waals surface area (Å²) in [5.41, 5.74) is 4.50. The fraction of sp³-hybridized carbons (Fsp3) is 0.472. The van der Waals surface area contributed by atoms with Crippen LogP contribution in [0.4, 0.5) is 0 Å². The first-order valence-electron chi connectivity index (χ1n) is 16.3. The first kappa shape index (κ1) is 37.5. The van der Waals surface area contributed by atoms with Gasteiger partial charge in [0, 0.05) is 26.1 Å². The Kier molecular flexibility index (Phi) is 13.3. The summed E-state index contributed by atoms with van der Waals surface area (Å²) < 4.78 is 15.9. The molecule has 3 amide bonds. The van der Waals surface area contributed by atoms with Crippen LogP contribution in [0.3, 0.4) is 0 Å². The summed E-state index contributed by atoms with van der Waals surface area (Å²) in [6, 6.07) is 12.7. The summed E-state index contributed by atoms with van der Waals surface area (Å²) in [6.07, 6.45) is 0.581. The number of hydrogen-bond acceptors (Lipinski definition) is 10. The van der Waals surface area contributed by atoms with Gasteiger partial charge in [-0.1, -0.05) is 45.0 Å². The quantitative estimate of drug-likeness (QED) is 0.159. The zero-order valence-electron chi connectivity index (χ0n) is 28.7. The van der Waals surface area contributed by atoms with E-state index in [0.29, 0.717) is 37.4 Å². The van der Waals surface area contributed by atoms with Crippen LogP contribution in [0.25, 0.3) is 10.4 Å². The second kappa shape index (κ2) is 17.4. The van der Waals surface area contributed by atoms with Gasteiger partial charge in [-0.2, -0.15) is 0 Å². The number of likely N-dealkylation sites (tertiary alicyclic amines) is 1. The number of ether oxygens (including phenoxy) is 3. The second-order valence-corrected chi connectivity index (χ2v) is 13.9. The highest BCUT2D eigenvalue weighted by atomic mass is 32.1. The number of amides is 3. The number of thiazole rings is 1. The van der Waals surface area contributed by atoms with Crippen molar-refractivity contribution < 1.29 is 38.5 Å². The van der Waals surface area contributed by atoms with Crippen LogP contribution in [0.15, 0.2) is 54.0 Å². The van der Waals surface area contributed by atoms with Crippen LogP contribution in [0.1, 0.15) is 61.6 Å². The fourth-order valence-corrected chi connectivity index (χ4v) is 6.26. The average Bonchev–Trinajstić information content (AvgIpc) is 3.70. The van der Waals surface area contributed by atoms with E-state index in [1.165, 1.54) is 12.0 Å². The number of β-amino-alcohol motifs (C(OH)–C–C–N with tert-alkyl or cyclic N) is 1. The summed E-state index contributed by atoms with van der Waals surface area (Å²) in [5, 5.41) is 16.2. The van der Waals surface area contributed by atoms with Gasteiger partial charge in [0.1, 0.15) is 24.4 Å². The van der Waals surface area contributed by atoms with Crippen molar-refractivity contribution in [2.24, 2.45) is 5.41 Å². The van der Waals surface area contributed by atoms with Gasteiger partial charge < -0.3 is 34.9 Å². The van der Waals surface area contributed by atoms with Crippen molar-refractivity contribution in [2.75, 3.05) is 33.5 Å². The van der Waals surface area contributed by atoms with Crippen molar-refractivity contribution in [2.45, 2.75) is 71.7 Å². The molecule has 0 radical (unpaired) electrons. The normalized spacial score (nSPS) is 16.6. The lowest BCUT2D eigenvalue weighted by Gasteiger charge is -2.35. The largest absolute Gasteiger partial charge is 0.494 e. The van der Waals surface area contributed by atoms with Crippen LogP contribution in [0.2, 0.25) is 0 Å². The van der Waals surface area contributed by atoms with E-state index >= 15 is 0 Å². The SMILES string of the molecule is COC(=O)c1ccc(OCCCCOCC(=O)N[C@H](C(=O)N2C[C@H](O)C[C@H]2C(=O)NCc2ccc(-c3scnc3C)cc2)C(C)(C)C)cc1. The highest BCUT2D eigenvalue weighted by molar-refractivity contribution is 7.13. The lowest BCUT2D eigenvalue weighted by molar-refractivity contribution is -0.144. The number of aromatic nitrogens is 1. The number of nitrogens with one attached hydrogen (secondary N) is 2. The summed E-state index contributed by atoms with van der Waals surface area (Å²) in [5.74, 6) is -1.03. The predicted octanol–water partition coefficient (Wildman–Crippen LogP) is 3.89. The van der Waals surface area contributed by atoms with Gasteiger partial charge in [0.25, 0.3) is 0 Å². The van der Waals surface area contributed by atoms with Gasteiger partial charge in [-0.25, -0.2) is 9.78 Å². The van der Waals surface area contributed by atoms with Crippen LogP contribution >= 0.6 is 11.3 Å². The first-order valence-corrected chi connectivity index (χ1v) is 17.2. The lowest BCUT2D eigenvalue weighted by Crippen LogP contribution is -2.58. The molecular weight excluding hydrogens is 648 g/mol. The summed E-state index contributed by atoms with van der Waals surface area (Å²) >= 11 is 1.57. The Morgan fingerprint density at radius 2 is 1.73 bits per heavy atom. The van der Waals surface area contributed by atoms with Crippen molar-refractivity contribution in [3.8, 4) is 16.2 Å². The van der Waals surface area contributed by atoms with Gasteiger partial charge in [-0.15, -0.1) is 11.3 Å². The number of methoxy groups -OCH3 is 1. The zero-order valence-corrected chi connectivity index (χ0v) is 29.5. The maximum Gasteiger partial charge on any atom is 0.337 e. The number of benzene rings is 2. The molecule has 1 aliphatic heterocycles. The van der Waals surface area contributed by atoms with Crippen molar-refractivity contribution in [3.05, 3.63) is 70.9 Å². The molecule has 264 valence electrons. The fourth-order valence-electron chi connectivity index (χ4n) is 5.45. The molecule has 1 aliphatic rings. The molecule has 12 nitrogen and oxygen atoms in total. The maximum absolute atomic E-state index is 13.8. The number of nitrogens with zero attached hydrogens (tertiary/aromatic N) is 2. The Labute approximate surface area is 291 Å². The summed E-state index contributed by atoms with van der Waals surface area (Å²) in [4.78, 5) is 58.3. The number of aliphatic hydroxyl groups excluding tert-OH is 1. The third kappa shape index (κ3) is 10.6. The van der Waals surface area contributed by atoms with Crippen molar-refractivity contribution in [1.29, 1.82) is 0 Å². The maximum atomic E-state index is 13.8. The Hall–Kier alpha value is -4.33. The standard InChI is InChI=1S/C36H46N4O8S/c1-23-31(49-22-38-23)25-10-8-24(9-11-25)19-37-33(43)29-18-27(41)20-40(29)34(44)32(36(2,3)4)39-30(42)21-47-16-6-7-17-48-28-14-12-26(13-15-28)35(45)46-5/h8-15,22,27,29,32,41H,6-7,16-21H2,1-5H3,(H,37,43)(H,39,42)/t27-,29+,32-/m1/s1.